The molecule has 0 fully saturated rings. The summed E-state index contributed by atoms with van der Waals surface area (Å²) >= 11 is 0. The van der Waals surface area contributed by atoms with Gasteiger partial charge in [-0.1, -0.05) is 6.07 Å². The summed E-state index contributed by atoms with van der Waals surface area (Å²) < 4.78 is 17.4. The molecular formula is C21H22N2O5. The van der Waals surface area contributed by atoms with Gasteiger partial charge in [0.05, 0.1) is 19.4 Å². The molecule has 3 aromatic rings. The Labute approximate surface area is 162 Å². The number of nitrogens with zero attached hydrogens (tertiary/aromatic N) is 2. The van der Waals surface area contributed by atoms with Gasteiger partial charge in [0, 0.05) is 18.7 Å². The number of hydrogen-bond acceptors (Lipinski definition) is 6. The van der Waals surface area contributed by atoms with E-state index in [1.807, 2.05) is 37.3 Å². The molecule has 7 nitrogen and oxygen atoms in total. The summed E-state index contributed by atoms with van der Waals surface area (Å²) in [5.74, 6) is 1.11. The first-order valence-corrected chi connectivity index (χ1v) is 8.97. The van der Waals surface area contributed by atoms with Gasteiger partial charge in [-0.2, -0.15) is 0 Å². The number of methoxy groups -OCH3 is 1. The van der Waals surface area contributed by atoms with Crippen molar-refractivity contribution in [1.29, 1.82) is 0 Å². The van der Waals surface area contributed by atoms with Crippen LogP contribution in [0.5, 0.6) is 11.5 Å². The number of aryl methyl sites for hydroxylation is 1. The van der Waals surface area contributed by atoms with Crippen molar-refractivity contribution in [3.8, 4) is 11.5 Å². The van der Waals surface area contributed by atoms with Crippen molar-refractivity contribution in [1.82, 2.24) is 9.38 Å². The molecule has 1 aromatic carbocycles. The number of hydrogen-bond donors (Lipinski definition) is 0. The van der Waals surface area contributed by atoms with Crippen molar-refractivity contribution < 1.29 is 19.0 Å². The molecule has 2 aromatic heterocycles. The average Bonchev–Trinajstić information content (AvgIpc) is 2.71. The molecule has 0 saturated heterocycles. The van der Waals surface area contributed by atoms with Crippen LogP contribution in [0.25, 0.3) is 5.65 Å². The number of benzene rings is 1. The van der Waals surface area contributed by atoms with E-state index in [4.69, 9.17) is 14.2 Å². The highest BCUT2D eigenvalue weighted by Gasteiger charge is 2.08. The number of esters is 1. The van der Waals surface area contributed by atoms with Crippen LogP contribution in [0, 0.1) is 6.92 Å². The Bertz CT molecular complexity index is 1010. The van der Waals surface area contributed by atoms with Crippen LogP contribution in [0.15, 0.2) is 53.5 Å². The maximum atomic E-state index is 12.1. The summed E-state index contributed by atoms with van der Waals surface area (Å²) in [6.07, 6.45) is 2.41. The summed E-state index contributed by atoms with van der Waals surface area (Å²) in [4.78, 5) is 28.5. The molecule has 0 unspecified atom stereocenters. The quantitative estimate of drug-likeness (QED) is 0.440. The summed E-state index contributed by atoms with van der Waals surface area (Å²) in [5.41, 5.74) is 1.67. The Morgan fingerprint density at radius 1 is 1.14 bits per heavy atom. The maximum absolute atomic E-state index is 12.1. The number of pyridine rings is 1. The fourth-order valence-corrected chi connectivity index (χ4v) is 2.69. The monoisotopic (exact) mass is 382 g/mol. The van der Waals surface area contributed by atoms with Gasteiger partial charge < -0.3 is 14.2 Å². The second kappa shape index (κ2) is 9.03. The summed E-state index contributed by atoms with van der Waals surface area (Å²) in [7, 11) is 1.60. The standard InChI is InChI=1S/C21H22N2O5/c1-15-5-3-11-23-19(24)13-16(22-21(15)23)14-28-20(25)6-4-12-27-18-9-7-17(26-2)8-10-18/h3,5,7-11,13H,4,6,12,14H2,1-2H3. The van der Waals surface area contributed by atoms with Crippen LogP contribution >= 0.6 is 0 Å². The van der Waals surface area contributed by atoms with E-state index < -0.39 is 0 Å². The van der Waals surface area contributed by atoms with E-state index >= 15 is 0 Å². The normalized spacial score (nSPS) is 10.6. The van der Waals surface area contributed by atoms with E-state index in [1.165, 1.54) is 10.5 Å². The van der Waals surface area contributed by atoms with Gasteiger partial charge in [-0.15, -0.1) is 0 Å². The van der Waals surface area contributed by atoms with Gasteiger partial charge in [0.15, 0.2) is 0 Å². The zero-order chi connectivity index (χ0) is 19.9. The molecule has 0 atom stereocenters. The number of ether oxygens (including phenoxy) is 3. The van der Waals surface area contributed by atoms with Crippen LogP contribution in [-0.4, -0.2) is 29.1 Å². The van der Waals surface area contributed by atoms with Gasteiger partial charge in [0.1, 0.15) is 23.8 Å². The minimum absolute atomic E-state index is 0.0295. The third-order valence-corrected chi connectivity index (χ3v) is 4.17. The molecule has 0 spiro atoms. The lowest BCUT2D eigenvalue weighted by Gasteiger charge is -2.08. The molecule has 0 aliphatic carbocycles. The number of aromatic nitrogens is 2. The summed E-state index contributed by atoms with van der Waals surface area (Å²) in [5, 5.41) is 0. The van der Waals surface area contributed by atoms with Gasteiger partial charge in [-0.05, 0) is 49.2 Å². The van der Waals surface area contributed by atoms with Crippen molar-refractivity contribution >= 4 is 11.6 Å². The largest absolute Gasteiger partial charge is 0.497 e. The molecule has 0 radical (unpaired) electrons. The van der Waals surface area contributed by atoms with Crippen molar-refractivity contribution in [2.75, 3.05) is 13.7 Å². The fourth-order valence-electron chi connectivity index (χ4n) is 2.69. The minimum Gasteiger partial charge on any atom is -0.497 e. The van der Waals surface area contributed by atoms with Crippen LogP contribution in [0.4, 0.5) is 0 Å². The van der Waals surface area contributed by atoms with Crippen molar-refractivity contribution in [3.05, 3.63) is 70.3 Å². The Balaban J connectivity index is 1.46. The average molecular weight is 382 g/mol. The summed E-state index contributed by atoms with van der Waals surface area (Å²) in [6.45, 7) is 2.24. The number of carbonyl (C=O) groups is 1. The zero-order valence-corrected chi connectivity index (χ0v) is 15.9. The molecule has 0 aliphatic rings. The molecule has 146 valence electrons. The molecule has 3 rings (SSSR count). The van der Waals surface area contributed by atoms with E-state index in [1.54, 1.807) is 19.4 Å². The maximum Gasteiger partial charge on any atom is 0.306 e. The second-order valence-electron chi connectivity index (χ2n) is 6.26. The SMILES string of the molecule is COc1ccc(OCCCC(=O)OCc2cc(=O)n3cccc(C)c3n2)cc1. The molecule has 2 heterocycles. The van der Waals surface area contributed by atoms with E-state index in [2.05, 4.69) is 4.98 Å². The highest BCUT2D eigenvalue weighted by atomic mass is 16.5. The summed E-state index contributed by atoms with van der Waals surface area (Å²) in [6, 6.07) is 12.3. The Kier molecular flexibility index (Phi) is 6.26. The fraction of sp³-hybridized carbons (Fsp3) is 0.286. The van der Waals surface area contributed by atoms with Gasteiger partial charge in [-0.25, -0.2) is 4.98 Å². The van der Waals surface area contributed by atoms with Gasteiger partial charge >= 0.3 is 5.97 Å². The predicted molar refractivity (Wildman–Crippen MR) is 104 cm³/mol. The molecule has 0 aliphatic heterocycles. The van der Waals surface area contributed by atoms with E-state index in [-0.39, 0.29) is 24.6 Å². The topological polar surface area (TPSA) is 79.1 Å². The lowest BCUT2D eigenvalue weighted by atomic mass is 10.3. The Morgan fingerprint density at radius 3 is 2.64 bits per heavy atom. The van der Waals surface area contributed by atoms with Crippen molar-refractivity contribution in [2.45, 2.75) is 26.4 Å². The van der Waals surface area contributed by atoms with E-state index in [0.29, 0.717) is 30.1 Å². The van der Waals surface area contributed by atoms with Crippen LogP contribution in [0.2, 0.25) is 0 Å². The minimum atomic E-state index is -0.356. The number of fused-ring (bicyclic) bond motifs is 1. The Morgan fingerprint density at radius 2 is 1.89 bits per heavy atom. The lowest BCUT2D eigenvalue weighted by Crippen LogP contribution is -2.17. The third kappa shape index (κ3) is 4.88. The van der Waals surface area contributed by atoms with Gasteiger partial charge in [0.2, 0.25) is 0 Å². The zero-order valence-electron chi connectivity index (χ0n) is 15.9. The van der Waals surface area contributed by atoms with Gasteiger partial charge in [0.25, 0.3) is 5.56 Å². The van der Waals surface area contributed by atoms with Crippen LogP contribution in [0.1, 0.15) is 24.1 Å². The van der Waals surface area contributed by atoms with Gasteiger partial charge in [-0.3, -0.25) is 14.0 Å². The smallest absolute Gasteiger partial charge is 0.306 e. The Hall–Kier alpha value is -3.35. The molecule has 28 heavy (non-hydrogen) atoms. The molecule has 0 amide bonds. The lowest BCUT2D eigenvalue weighted by molar-refractivity contribution is -0.145. The molecule has 0 saturated carbocycles. The van der Waals surface area contributed by atoms with Crippen LogP contribution < -0.4 is 15.0 Å². The van der Waals surface area contributed by atoms with Crippen molar-refractivity contribution in [3.63, 3.8) is 0 Å². The second-order valence-corrected chi connectivity index (χ2v) is 6.26. The number of rotatable bonds is 8. The number of carbonyl (C=O) groups excluding carboxylic acids is 1. The van der Waals surface area contributed by atoms with E-state index in [9.17, 15) is 9.59 Å². The molecular weight excluding hydrogens is 360 g/mol. The van der Waals surface area contributed by atoms with Crippen LogP contribution in [0.3, 0.4) is 0 Å². The highest BCUT2D eigenvalue weighted by Crippen LogP contribution is 2.17. The third-order valence-electron chi connectivity index (χ3n) is 4.17. The predicted octanol–water partition coefficient (Wildman–Crippen LogP) is 2.91. The van der Waals surface area contributed by atoms with Crippen LogP contribution in [-0.2, 0) is 16.1 Å². The molecule has 0 N–H and O–H groups in total. The first kappa shape index (κ1) is 19.4. The highest BCUT2D eigenvalue weighted by molar-refractivity contribution is 5.69. The molecule has 7 heteroatoms. The van der Waals surface area contributed by atoms with E-state index in [0.717, 1.165) is 11.3 Å². The first-order valence-electron chi connectivity index (χ1n) is 8.97. The molecule has 0 bridgehead atoms. The first-order chi connectivity index (χ1) is 13.6. The van der Waals surface area contributed by atoms with Crippen molar-refractivity contribution in [2.24, 2.45) is 0 Å².